The number of alkyl halides is 3. The molecule has 0 atom stereocenters. The van der Waals surface area contributed by atoms with Crippen molar-refractivity contribution in [3.8, 4) is 0 Å². The molecule has 0 fully saturated rings. The number of aromatic nitrogens is 2. The molecule has 0 aliphatic carbocycles. The molecule has 4 nitrogen and oxygen atoms in total. The van der Waals surface area contributed by atoms with Gasteiger partial charge in [0.05, 0.1) is 16.8 Å². The summed E-state index contributed by atoms with van der Waals surface area (Å²) in [6.07, 6.45) is -3.66. The van der Waals surface area contributed by atoms with E-state index in [1.54, 1.807) is 0 Å². The van der Waals surface area contributed by atoms with Crippen molar-refractivity contribution in [2.24, 2.45) is 0 Å². The van der Waals surface area contributed by atoms with E-state index in [1.807, 2.05) is 13.8 Å². The molecule has 0 radical (unpaired) electrons. The Morgan fingerprint density at radius 2 is 1.92 bits per heavy atom. The third kappa shape index (κ3) is 3.92. The lowest BCUT2D eigenvalue weighted by Crippen LogP contribution is -2.35. The van der Waals surface area contributed by atoms with Gasteiger partial charge in [0.2, 0.25) is 0 Å². The normalized spacial score (nSPS) is 15.4. The molecule has 25 heavy (non-hydrogen) atoms. The van der Waals surface area contributed by atoms with Gasteiger partial charge in [-0.2, -0.15) is 13.2 Å². The molecule has 3 rings (SSSR count). The topological polar surface area (TPSA) is 49.0 Å². The third-order valence-electron chi connectivity index (χ3n) is 4.40. The first-order chi connectivity index (χ1) is 11.7. The van der Waals surface area contributed by atoms with Gasteiger partial charge >= 0.3 is 6.18 Å². The van der Waals surface area contributed by atoms with Crippen LogP contribution in [-0.2, 0) is 25.7 Å². The molecule has 2 aromatic rings. The van der Waals surface area contributed by atoms with Crippen LogP contribution in [0.3, 0.4) is 0 Å². The molecule has 0 amide bonds. The van der Waals surface area contributed by atoms with Crippen LogP contribution >= 0.6 is 0 Å². The van der Waals surface area contributed by atoms with E-state index in [-0.39, 0.29) is 11.5 Å². The lowest BCUT2D eigenvalue weighted by atomic mass is 10.0. The Balaban J connectivity index is 1.74. The Bertz CT molecular complexity index is 810. The molecule has 0 unspecified atom stereocenters. The highest BCUT2D eigenvalue weighted by Gasteiger charge is 2.30. The summed E-state index contributed by atoms with van der Waals surface area (Å²) in [5, 5.41) is 0. The van der Waals surface area contributed by atoms with Crippen LogP contribution in [0, 0.1) is 0 Å². The Morgan fingerprint density at radius 3 is 2.52 bits per heavy atom. The van der Waals surface area contributed by atoms with Gasteiger partial charge in [-0.3, -0.25) is 9.69 Å². The fourth-order valence-electron chi connectivity index (χ4n) is 2.97. The second-order valence-corrected chi connectivity index (χ2v) is 6.69. The number of halogens is 3. The first-order valence-electron chi connectivity index (χ1n) is 8.24. The van der Waals surface area contributed by atoms with Gasteiger partial charge in [0.1, 0.15) is 5.82 Å². The number of hydrogen-bond donors (Lipinski definition) is 1. The van der Waals surface area contributed by atoms with Crippen LogP contribution in [0.4, 0.5) is 13.2 Å². The summed E-state index contributed by atoms with van der Waals surface area (Å²) in [6, 6.07) is 5.17. The first-order valence-corrected chi connectivity index (χ1v) is 8.24. The van der Waals surface area contributed by atoms with Crippen LogP contribution in [0.1, 0.15) is 48.0 Å². The fraction of sp³-hybridized carbons (Fsp3) is 0.444. The van der Waals surface area contributed by atoms with E-state index in [0.717, 1.165) is 29.9 Å². The van der Waals surface area contributed by atoms with Gasteiger partial charge < -0.3 is 4.98 Å². The summed E-state index contributed by atoms with van der Waals surface area (Å²) in [5.41, 5.74) is 1.51. The van der Waals surface area contributed by atoms with Crippen molar-refractivity contribution in [2.75, 3.05) is 6.54 Å². The number of nitrogens with zero attached hydrogens (tertiary/aromatic N) is 2. The number of aromatic amines is 1. The number of hydrogen-bond acceptors (Lipinski definition) is 3. The molecule has 0 saturated heterocycles. The van der Waals surface area contributed by atoms with Gasteiger partial charge in [-0.25, -0.2) is 4.98 Å². The predicted octanol–water partition coefficient (Wildman–Crippen LogP) is 3.47. The Morgan fingerprint density at radius 1 is 1.24 bits per heavy atom. The number of H-pyrrole nitrogens is 1. The highest BCUT2D eigenvalue weighted by Crippen LogP contribution is 2.29. The van der Waals surface area contributed by atoms with E-state index < -0.39 is 11.7 Å². The van der Waals surface area contributed by atoms with Crippen molar-refractivity contribution in [3.63, 3.8) is 0 Å². The van der Waals surface area contributed by atoms with Crippen molar-refractivity contribution in [3.05, 3.63) is 62.8 Å². The SMILES string of the molecule is CC(C)c1nc2c(c(=O)[nH]1)CN(Cc1ccc(C(F)(F)F)cc1)CC2. The second-order valence-electron chi connectivity index (χ2n) is 6.69. The molecule has 1 aliphatic rings. The minimum Gasteiger partial charge on any atom is -0.310 e. The zero-order chi connectivity index (χ0) is 18.2. The minimum absolute atomic E-state index is 0.120. The molecule has 1 aromatic carbocycles. The number of rotatable bonds is 3. The van der Waals surface area contributed by atoms with Crippen molar-refractivity contribution in [2.45, 2.75) is 45.5 Å². The lowest BCUT2D eigenvalue weighted by Gasteiger charge is -2.28. The average Bonchev–Trinajstić information content (AvgIpc) is 2.55. The molecule has 1 aliphatic heterocycles. The van der Waals surface area contributed by atoms with Crippen molar-refractivity contribution >= 4 is 0 Å². The molecular formula is C18H20F3N3O. The van der Waals surface area contributed by atoms with Gasteiger partial charge in [0.15, 0.2) is 0 Å². The summed E-state index contributed by atoms with van der Waals surface area (Å²) < 4.78 is 37.9. The van der Waals surface area contributed by atoms with Crippen LogP contribution in [-0.4, -0.2) is 21.4 Å². The molecule has 1 aromatic heterocycles. The number of benzene rings is 1. The highest BCUT2D eigenvalue weighted by molar-refractivity contribution is 5.26. The maximum atomic E-state index is 12.6. The van der Waals surface area contributed by atoms with Gasteiger partial charge in [-0.15, -0.1) is 0 Å². The van der Waals surface area contributed by atoms with E-state index in [4.69, 9.17) is 0 Å². The van der Waals surface area contributed by atoms with E-state index in [1.165, 1.54) is 12.1 Å². The molecule has 1 N–H and O–H groups in total. The molecule has 0 spiro atoms. The highest BCUT2D eigenvalue weighted by atomic mass is 19.4. The van der Waals surface area contributed by atoms with Crippen LogP contribution in [0.2, 0.25) is 0 Å². The summed E-state index contributed by atoms with van der Waals surface area (Å²) in [6.45, 7) is 5.64. The van der Waals surface area contributed by atoms with Crippen molar-refractivity contribution < 1.29 is 13.2 Å². The predicted molar refractivity (Wildman–Crippen MR) is 88.2 cm³/mol. The molecule has 7 heteroatoms. The molecule has 134 valence electrons. The summed E-state index contributed by atoms with van der Waals surface area (Å²) >= 11 is 0. The van der Waals surface area contributed by atoms with E-state index in [9.17, 15) is 18.0 Å². The molecule has 0 bridgehead atoms. The van der Waals surface area contributed by atoms with Crippen molar-refractivity contribution in [1.82, 2.24) is 14.9 Å². The maximum absolute atomic E-state index is 12.6. The van der Waals surface area contributed by atoms with Crippen LogP contribution in [0.15, 0.2) is 29.1 Å². The average molecular weight is 351 g/mol. The van der Waals surface area contributed by atoms with Crippen LogP contribution < -0.4 is 5.56 Å². The summed E-state index contributed by atoms with van der Waals surface area (Å²) in [4.78, 5) is 21.7. The quantitative estimate of drug-likeness (QED) is 0.921. The zero-order valence-electron chi connectivity index (χ0n) is 14.2. The number of nitrogens with one attached hydrogen (secondary N) is 1. The summed E-state index contributed by atoms with van der Waals surface area (Å²) in [5.74, 6) is 0.850. The molecular weight excluding hydrogens is 331 g/mol. The minimum atomic E-state index is -4.32. The molecule has 0 saturated carbocycles. The van der Waals surface area contributed by atoms with Gasteiger partial charge in [0.25, 0.3) is 5.56 Å². The maximum Gasteiger partial charge on any atom is 0.416 e. The number of fused-ring (bicyclic) bond motifs is 1. The Labute approximate surface area is 143 Å². The molecule has 2 heterocycles. The fourth-order valence-corrected chi connectivity index (χ4v) is 2.97. The summed E-state index contributed by atoms with van der Waals surface area (Å²) in [7, 11) is 0. The first kappa shape index (κ1) is 17.7. The van der Waals surface area contributed by atoms with E-state index in [0.29, 0.717) is 30.9 Å². The standard InChI is InChI=1S/C18H20F3N3O/c1-11(2)16-22-15-7-8-24(10-14(15)17(25)23-16)9-12-3-5-13(6-4-12)18(19,20)21/h3-6,11H,7-10H2,1-2H3,(H,22,23,25). The second kappa shape index (κ2) is 6.63. The van der Waals surface area contributed by atoms with E-state index >= 15 is 0 Å². The smallest absolute Gasteiger partial charge is 0.310 e. The van der Waals surface area contributed by atoms with Crippen molar-refractivity contribution in [1.29, 1.82) is 0 Å². The monoisotopic (exact) mass is 351 g/mol. The lowest BCUT2D eigenvalue weighted by molar-refractivity contribution is -0.137. The van der Waals surface area contributed by atoms with Gasteiger partial charge in [0, 0.05) is 32.0 Å². The zero-order valence-corrected chi connectivity index (χ0v) is 14.2. The van der Waals surface area contributed by atoms with E-state index in [2.05, 4.69) is 14.9 Å². The Hall–Kier alpha value is -2.15. The largest absolute Gasteiger partial charge is 0.416 e. The Kier molecular flexibility index (Phi) is 4.69. The third-order valence-corrected chi connectivity index (χ3v) is 4.40. The van der Waals surface area contributed by atoms with Crippen LogP contribution in [0.25, 0.3) is 0 Å². The van der Waals surface area contributed by atoms with Crippen LogP contribution in [0.5, 0.6) is 0 Å². The van der Waals surface area contributed by atoms with Gasteiger partial charge in [-0.1, -0.05) is 26.0 Å². The van der Waals surface area contributed by atoms with Gasteiger partial charge in [-0.05, 0) is 17.7 Å².